The Morgan fingerprint density at radius 2 is 1.78 bits per heavy atom. The largest absolute Gasteiger partial charge is 0.369 e. The second kappa shape index (κ2) is 4.54. The average molecular weight is 248 g/mol. The van der Waals surface area contributed by atoms with Gasteiger partial charge in [0.25, 0.3) is 0 Å². The third-order valence-electron chi connectivity index (χ3n) is 4.47. The molecule has 1 aromatic rings. The lowest BCUT2D eigenvalue weighted by molar-refractivity contribution is 0.253. The van der Waals surface area contributed by atoms with Crippen molar-refractivity contribution in [1.82, 2.24) is 0 Å². The van der Waals surface area contributed by atoms with Crippen LogP contribution in [-0.4, -0.2) is 13.1 Å². The molecule has 1 aliphatic heterocycles. The van der Waals surface area contributed by atoms with Gasteiger partial charge >= 0.3 is 0 Å². The number of halogens is 1. The van der Waals surface area contributed by atoms with E-state index in [-0.39, 0.29) is 11.4 Å². The van der Waals surface area contributed by atoms with Crippen LogP contribution in [-0.2, 0) is 5.54 Å². The van der Waals surface area contributed by atoms with E-state index in [9.17, 15) is 4.39 Å². The third kappa shape index (κ3) is 2.01. The molecule has 1 aliphatic carbocycles. The monoisotopic (exact) mass is 248 g/mol. The summed E-state index contributed by atoms with van der Waals surface area (Å²) in [5.41, 5.74) is 7.69. The Hall–Kier alpha value is -1.09. The Balaban J connectivity index is 1.84. The molecule has 0 spiro atoms. The van der Waals surface area contributed by atoms with Crippen molar-refractivity contribution in [1.29, 1.82) is 0 Å². The fraction of sp³-hybridized carbons (Fsp3) is 0.600. The SMILES string of the molecule is NC1(c2ccc(N3CCCCC3)c(F)c2)CCC1. The zero-order valence-electron chi connectivity index (χ0n) is 10.8. The minimum Gasteiger partial charge on any atom is -0.369 e. The Morgan fingerprint density at radius 1 is 1.06 bits per heavy atom. The van der Waals surface area contributed by atoms with Crippen LogP contribution in [0.3, 0.4) is 0 Å². The second-order valence-electron chi connectivity index (χ2n) is 5.72. The summed E-state index contributed by atoms with van der Waals surface area (Å²) in [4.78, 5) is 2.16. The van der Waals surface area contributed by atoms with Crippen molar-refractivity contribution >= 4 is 5.69 Å². The van der Waals surface area contributed by atoms with Gasteiger partial charge in [0.1, 0.15) is 5.82 Å². The van der Waals surface area contributed by atoms with Crippen LogP contribution in [0.1, 0.15) is 44.1 Å². The fourth-order valence-corrected chi connectivity index (χ4v) is 3.05. The number of benzene rings is 1. The van der Waals surface area contributed by atoms with Crippen LogP contribution in [0.4, 0.5) is 10.1 Å². The van der Waals surface area contributed by atoms with Crippen LogP contribution in [0, 0.1) is 5.82 Å². The van der Waals surface area contributed by atoms with Crippen molar-refractivity contribution in [3.05, 3.63) is 29.6 Å². The molecular weight excluding hydrogens is 227 g/mol. The molecule has 3 heteroatoms. The highest BCUT2D eigenvalue weighted by Crippen LogP contribution is 2.39. The standard InChI is InChI=1S/C15H21FN2/c16-13-11-12(15(17)7-4-8-15)5-6-14(13)18-9-2-1-3-10-18/h5-6,11H,1-4,7-10,17H2. The molecule has 0 bridgehead atoms. The summed E-state index contributed by atoms with van der Waals surface area (Å²) in [7, 11) is 0. The molecule has 1 heterocycles. The molecule has 2 aliphatic rings. The highest BCUT2D eigenvalue weighted by atomic mass is 19.1. The number of piperidine rings is 1. The van der Waals surface area contributed by atoms with Crippen LogP contribution in [0.5, 0.6) is 0 Å². The minimum atomic E-state index is -0.263. The number of hydrogen-bond acceptors (Lipinski definition) is 2. The minimum absolute atomic E-state index is 0.105. The number of anilines is 1. The zero-order valence-corrected chi connectivity index (χ0v) is 10.8. The molecule has 0 aromatic heterocycles. The van der Waals surface area contributed by atoms with E-state index >= 15 is 0 Å². The molecular formula is C15H21FN2. The fourth-order valence-electron chi connectivity index (χ4n) is 3.05. The van der Waals surface area contributed by atoms with Gasteiger partial charge in [0.2, 0.25) is 0 Å². The van der Waals surface area contributed by atoms with Crippen LogP contribution in [0.15, 0.2) is 18.2 Å². The predicted molar refractivity (Wildman–Crippen MR) is 72.2 cm³/mol. The van der Waals surface area contributed by atoms with Gasteiger partial charge in [-0.2, -0.15) is 0 Å². The third-order valence-corrected chi connectivity index (χ3v) is 4.47. The normalized spacial score (nSPS) is 22.7. The van der Waals surface area contributed by atoms with Gasteiger partial charge in [-0.15, -0.1) is 0 Å². The Morgan fingerprint density at radius 3 is 2.33 bits per heavy atom. The lowest BCUT2D eigenvalue weighted by Crippen LogP contribution is -2.43. The lowest BCUT2D eigenvalue weighted by atomic mass is 9.73. The molecule has 1 aromatic carbocycles. The molecule has 1 saturated heterocycles. The van der Waals surface area contributed by atoms with Gasteiger partial charge in [-0.25, -0.2) is 4.39 Å². The Kier molecular flexibility index (Phi) is 3.02. The molecule has 2 nitrogen and oxygen atoms in total. The summed E-state index contributed by atoms with van der Waals surface area (Å²) in [5.74, 6) is -0.105. The predicted octanol–water partition coefficient (Wildman–Crippen LogP) is 3.15. The maximum Gasteiger partial charge on any atom is 0.146 e. The highest BCUT2D eigenvalue weighted by Gasteiger charge is 2.34. The highest BCUT2D eigenvalue weighted by molar-refractivity contribution is 5.50. The summed E-state index contributed by atoms with van der Waals surface area (Å²) in [6.45, 7) is 1.95. The van der Waals surface area contributed by atoms with Crippen molar-refractivity contribution in [3.8, 4) is 0 Å². The Bertz CT molecular complexity index is 434. The number of hydrogen-bond donors (Lipinski definition) is 1. The molecule has 0 amide bonds. The molecule has 2 fully saturated rings. The zero-order chi connectivity index (χ0) is 12.6. The average Bonchev–Trinajstić information content (AvgIpc) is 2.37. The molecule has 3 rings (SSSR count). The van der Waals surface area contributed by atoms with E-state index < -0.39 is 0 Å². The Labute approximate surface area is 108 Å². The topological polar surface area (TPSA) is 29.3 Å². The lowest BCUT2D eigenvalue weighted by Gasteiger charge is -2.39. The van der Waals surface area contributed by atoms with E-state index in [4.69, 9.17) is 5.73 Å². The van der Waals surface area contributed by atoms with Gasteiger partial charge < -0.3 is 10.6 Å². The number of nitrogens with two attached hydrogens (primary N) is 1. The number of rotatable bonds is 2. The van der Waals surface area contributed by atoms with E-state index in [1.807, 2.05) is 12.1 Å². The van der Waals surface area contributed by atoms with E-state index in [0.717, 1.165) is 43.6 Å². The molecule has 1 saturated carbocycles. The molecule has 0 atom stereocenters. The first-order chi connectivity index (χ1) is 8.69. The van der Waals surface area contributed by atoms with Gasteiger partial charge in [0.15, 0.2) is 0 Å². The van der Waals surface area contributed by atoms with Crippen LogP contribution in [0.25, 0.3) is 0 Å². The maximum absolute atomic E-state index is 14.2. The van der Waals surface area contributed by atoms with Crippen molar-refractivity contribution in [2.75, 3.05) is 18.0 Å². The molecule has 2 N–H and O–H groups in total. The van der Waals surface area contributed by atoms with Crippen LogP contribution < -0.4 is 10.6 Å². The van der Waals surface area contributed by atoms with Crippen LogP contribution >= 0.6 is 0 Å². The van der Waals surface area contributed by atoms with E-state index in [1.165, 1.54) is 19.3 Å². The maximum atomic E-state index is 14.2. The van der Waals surface area contributed by atoms with E-state index in [2.05, 4.69) is 4.90 Å². The van der Waals surface area contributed by atoms with Gasteiger partial charge in [-0.1, -0.05) is 6.07 Å². The van der Waals surface area contributed by atoms with Crippen LogP contribution in [0.2, 0.25) is 0 Å². The van der Waals surface area contributed by atoms with Crippen molar-refractivity contribution < 1.29 is 4.39 Å². The van der Waals surface area contributed by atoms with E-state index in [1.54, 1.807) is 6.07 Å². The van der Waals surface area contributed by atoms with Gasteiger partial charge in [0, 0.05) is 18.6 Å². The first-order valence-corrected chi connectivity index (χ1v) is 7.03. The summed E-state index contributed by atoms with van der Waals surface area (Å²) in [6.07, 6.45) is 6.73. The van der Waals surface area contributed by atoms with Crippen molar-refractivity contribution in [2.24, 2.45) is 5.73 Å². The molecule has 0 unspecified atom stereocenters. The van der Waals surface area contributed by atoms with Crippen molar-refractivity contribution in [2.45, 2.75) is 44.1 Å². The quantitative estimate of drug-likeness (QED) is 0.871. The van der Waals surface area contributed by atoms with Gasteiger partial charge in [-0.05, 0) is 56.2 Å². The molecule has 0 radical (unpaired) electrons. The van der Waals surface area contributed by atoms with Gasteiger partial charge in [-0.3, -0.25) is 0 Å². The summed E-state index contributed by atoms with van der Waals surface area (Å²) in [6, 6.07) is 5.60. The molecule has 98 valence electrons. The summed E-state index contributed by atoms with van der Waals surface area (Å²) >= 11 is 0. The number of nitrogens with zero attached hydrogens (tertiary/aromatic N) is 1. The van der Waals surface area contributed by atoms with E-state index in [0.29, 0.717) is 0 Å². The summed E-state index contributed by atoms with van der Waals surface area (Å²) < 4.78 is 14.2. The molecule has 18 heavy (non-hydrogen) atoms. The summed E-state index contributed by atoms with van der Waals surface area (Å²) in [5, 5.41) is 0. The first kappa shape index (κ1) is 12.0. The first-order valence-electron chi connectivity index (χ1n) is 7.03. The van der Waals surface area contributed by atoms with Gasteiger partial charge in [0.05, 0.1) is 5.69 Å². The smallest absolute Gasteiger partial charge is 0.146 e. The second-order valence-corrected chi connectivity index (χ2v) is 5.72. The van der Waals surface area contributed by atoms with Crippen molar-refractivity contribution in [3.63, 3.8) is 0 Å².